The SMILES string of the molecule is COc1c(C#N)c2nc3ccccc3n2c2ncccc12. The van der Waals surface area contributed by atoms with Gasteiger partial charge < -0.3 is 4.74 Å². The van der Waals surface area contributed by atoms with Crippen LogP contribution in [0.1, 0.15) is 5.56 Å². The van der Waals surface area contributed by atoms with Gasteiger partial charge in [-0.15, -0.1) is 0 Å². The molecule has 1 aromatic carbocycles. The topological polar surface area (TPSA) is 63.2 Å². The fraction of sp³-hybridized carbons (Fsp3) is 0.0625. The summed E-state index contributed by atoms with van der Waals surface area (Å²) in [6, 6.07) is 13.7. The number of ether oxygens (including phenoxy) is 1. The summed E-state index contributed by atoms with van der Waals surface area (Å²) in [5.41, 5.74) is 3.48. The molecule has 0 fully saturated rings. The van der Waals surface area contributed by atoms with E-state index in [0.29, 0.717) is 17.0 Å². The highest BCUT2D eigenvalue weighted by molar-refractivity contribution is 5.95. The highest BCUT2D eigenvalue weighted by Gasteiger charge is 2.19. The molecule has 0 atom stereocenters. The van der Waals surface area contributed by atoms with Crippen molar-refractivity contribution in [3.63, 3.8) is 0 Å². The van der Waals surface area contributed by atoms with Gasteiger partial charge in [-0.1, -0.05) is 12.1 Å². The Labute approximate surface area is 120 Å². The fourth-order valence-electron chi connectivity index (χ4n) is 2.71. The van der Waals surface area contributed by atoms with Crippen LogP contribution < -0.4 is 4.74 Å². The zero-order valence-electron chi connectivity index (χ0n) is 11.2. The third kappa shape index (κ3) is 1.44. The number of imidazole rings is 1. The monoisotopic (exact) mass is 274 g/mol. The minimum atomic E-state index is 0.425. The van der Waals surface area contributed by atoms with Crippen molar-refractivity contribution in [2.75, 3.05) is 7.11 Å². The first-order chi connectivity index (χ1) is 10.3. The lowest BCUT2D eigenvalue weighted by Crippen LogP contribution is -1.99. The molecule has 0 saturated heterocycles. The molecule has 4 rings (SSSR count). The first-order valence-corrected chi connectivity index (χ1v) is 6.47. The molecular formula is C16H10N4O. The van der Waals surface area contributed by atoms with E-state index < -0.39 is 0 Å². The van der Waals surface area contributed by atoms with Gasteiger partial charge in [-0.3, -0.25) is 4.40 Å². The lowest BCUT2D eigenvalue weighted by molar-refractivity contribution is 0.418. The highest BCUT2D eigenvalue weighted by atomic mass is 16.5. The molecule has 4 aromatic rings. The van der Waals surface area contributed by atoms with Crippen molar-refractivity contribution in [1.82, 2.24) is 14.4 Å². The number of fused-ring (bicyclic) bond motifs is 5. The molecule has 0 aliphatic rings. The van der Waals surface area contributed by atoms with Gasteiger partial charge in [0.25, 0.3) is 0 Å². The van der Waals surface area contributed by atoms with E-state index in [1.807, 2.05) is 40.8 Å². The molecule has 5 heteroatoms. The number of hydrogen-bond donors (Lipinski definition) is 0. The zero-order valence-corrected chi connectivity index (χ0v) is 11.2. The zero-order chi connectivity index (χ0) is 14.4. The van der Waals surface area contributed by atoms with Crippen molar-refractivity contribution in [3.8, 4) is 11.8 Å². The Morgan fingerprint density at radius 2 is 2.00 bits per heavy atom. The van der Waals surface area contributed by atoms with Gasteiger partial charge in [0.05, 0.1) is 23.5 Å². The molecule has 0 saturated carbocycles. The largest absolute Gasteiger partial charge is 0.494 e. The Morgan fingerprint density at radius 1 is 1.14 bits per heavy atom. The van der Waals surface area contributed by atoms with E-state index in [-0.39, 0.29) is 0 Å². The molecule has 0 spiro atoms. The van der Waals surface area contributed by atoms with Gasteiger partial charge in [-0.05, 0) is 24.3 Å². The molecule has 0 amide bonds. The van der Waals surface area contributed by atoms with Crippen molar-refractivity contribution in [3.05, 3.63) is 48.2 Å². The number of aromatic nitrogens is 3. The third-order valence-electron chi connectivity index (χ3n) is 3.57. The summed E-state index contributed by atoms with van der Waals surface area (Å²) in [6.45, 7) is 0. The van der Waals surface area contributed by atoms with Crippen LogP contribution in [0.3, 0.4) is 0 Å². The maximum atomic E-state index is 9.53. The van der Waals surface area contributed by atoms with Crippen LogP contribution in [0.2, 0.25) is 0 Å². The second-order valence-electron chi connectivity index (χ2n) is 4.65. The van der Waals surface area contributed by atoms with Crippen LogP contribution in [-0.2, 0) is 0 Å². The molecule has 0 radical (unpaired) electrons. The second kappa shape index (κ2) is 4.18. The Bertz CT molecular complexity index is 1040. The summed E-state index contributed by atoms with van der Waals surface area (Å²) in [7, 11) is 1.56. The molecule has 21 heavy (non-hydrogen) atoms. The Balaban J connectivity index is 2.41. The average Bonchev–Trinajstić information content (AvgIpc) is 2.92. The number of pyridine rings is 2. The van der Waals surface area contributed by atoms with Crippen molar-refractivity contribution >= 4 is 27.7 Å². The minimum absolute atomic E-state index is 0.425. The van der Waals surface area contributed by atoms with E-state index in [4.69, 9.17) is 4.74 Å². The average molecular weight is 274 g/mol. The normalized spacial score (nSPS) is 11.0. The first-order valence-electron chi connectivity index (χ1n) is 6.47. The van der Waals surface area contributed by atoms with Gasteiger partial charge >= 0.3 is 0 Å². The molecule has 0 N–H and O–H groups in total. The molecule has 0 unspecified atom stereocenters. The summed E-state index contributed by atoms with van der Waals surface area (Å²) in [4.78, 5) is 9.01. The molecule has 3 aromatic heterocycles. The predicted octanol–water partition coefficient (Wildman–Crippen LogP) is 2.92. The Hall–Kier alpha value is -3.13. The van der Waals surface area contributed by atoms with Gasteiger partial charge in [-0.2, -0.15) is 5.26 Å². The number of hydrogen-bond acceptors (Lipinski definition) is 4. The summed E-state index contributed by atoms with van der Waals surface area (Å²) >= 11 is 0. The maximum Gasteiger partial charge on any atom is 0.161 e. The number of rotatable bonds is 1. The van der Waals surface area contributed by atoms with E-state index in [1.165, 1.54) is 0 Å². The molecular weight excluding hydrogens is 264 g/mol. The number of para-hydroxylation sites is 2. The number of methoxy groups -OCH3 is 1. The second-order valence-corrected chi connectivity index (χ2v) is 4.65. The van der Waals surface area contributed by atoms with Crippen LogP contribution >= 0.6 is 0 Å². The molecule has 0 aliphatic carbocycles. The maximum absolute atomic E-state index is 9.53. The number of benzene rings is 1. The van der Waals surface area contributed by atoms with Gasteiger partial charge in [0.1, 0.15) is 17.3 Å². The van der Waals surface area contributed by atoms with E-state index in [9.17, 15) is 5.26 Å². The van der Waals surface area contributed by atoms with Gasteiger partial charge in [0.15, 0.2) is 11.4 Å². The van der Waals surface area contributed by atoms with Crippen molar-refractivity contribution in [1.29, 1.82) is 5.26 Å². The third-order valence-corrected chi connectivity index (χ3v) is 3.57. The van der Waals surface area contributed by atoms with Crippen molar-refractivity contribution < 1.29 is 4.74 Å². The van der Waals surface area contributed by atoms with Crippen LogP contribution in [-0.4, -0.2) is 21.5 Å². The fourth-order valence-corrected chi connectivity index (χ4v) is 2.71. The number of nitriles is 1. The smallest absolute Gasteiger partial charge is 0.161 e. The molecule has 100 valence electrons. The van der Waals surface area contributed by atoms with Crippen LogP contribution in [0, 0.1) is 11.3 Å². The summed E-state index contributed by atoms with van der Waals surface area (Å²) in [5.74, 6) is 0.517. The standard InChI is InChI=1S/C16H10N4O/c1-21-14-10-5-4-8-18-15(10)20-13-7-3-2-6-12(13)19-16(20)11(14)9-17/h2-8H,1H3. The minimum Gasteiger partial charge on any atom is -0.494 e. The lowest BCUT2D eigenvalue weighted by atomic mass is 10.2. The van der Waals surface area contributed by atoms with Crippen LogP contribution in [0.15, 0.2) is 42.6 Å². The van der Waals surface area contributed by atoms with Crippen LogP contribution in [0.4, 0.5) is 0 Å². The van der Waals surface area contributed by atoms with Crippen molar-refractivity contribution in [2.24, 2.45) is 0 Å². The van der Waals surface area contributed by atoms with E-state index in [1.54, 1.807) is 13.3 Å². The van der Waals surface area contributed by atoms with Gasteiger partial charge in [0, 0.05) is 6.20 Å². The summed E-state index contributed by atoms with van der Waals surface area (Å²) < 4.78 is 7.35. The Kier molecular flexibility index (Phi) is 2.33. The van der Waals surface area contributed by atoms with Crippen LogP contribution in [0.25, 0.3) is 27.7 Å². The van der Waals surface area contributed by atoms with Gasteiger partial charge in [-0.25, -0.2) is 9.97 Å². The van der Waals surface area contributed by atoms with E-state index in [0.717, 1.165) is 22.1 Å². The van der Waals surface area contributed by atoms with E-state index >= 15 is 0 Å². The molecule has 0 bridgehead atoms. The highest BCUT2D eigenvalue weighted by Crippen LogP contribution is 2.33. The Morgan fingerprint density at radius 3 is 2.81 bits per heavy atom. The summed E-state index contributed by atoms with van der Waals surface area (Å²) in [6.07, 6.45) is 1.72. The molecule has 3 heterocycles. The summed E-state index contributed by atoms with van der Waals surface area (Å²) in [5, 5.41) is 10.3. The van der Waals surface area contributed by atoms with E-state index in [2.05, 4.69) is 16.0 Å². The molecule has 0 aliphatic heterocycles. The molecule has 5 nitrogen and oxygen atoms in total. The predicted molar refractivity (Wildman–Crippen MR) is 79.3 cm³/mol. The van der Waals surface area contributed by atoms with Gasteiger partial charge in [0.2, 0.25) is 0 Å². The first kappa shape index (κ1) is 11.7. The lowest BCUT2D eigenvalue weighted by Gasteiger charge is -2.09. The van der Waals surface area contributed by atoms with Crippen LogP contribution in [0.5, 0.6) is 5.75 Å². The van der Waals surface area contributed by atoms with Crippen molar-refractivity contribution in [2.45, 2.75) is 0 Å². The number of nitrogens with zero attached hydrogens (tertiary/aromatic N) is 4. The quantitative estimate of drug-likeness (QED) is 0.535.